The summed E-state index contributed by atoms with van der Waals surface area (Å²) in [5, 5.41) is 11.5. The lowest BCUT2D eigenvalue weighted by molar-refractivity contribution is 0.102. The van der Waals surface area contributed by atoms with Crippen molar-refractivity contribution >= 4 is 22.4 Å². The van der Waals surface area contributed by atoms with Crippen molar-refractivity contribution in [1.29, 1.82) is 0 Å². The third kappa shape index (κ3) is 3.85. The maximum absolute atomic E-state index is 12.9. The van der Waals surface area contributed by atoms with Crippen LogP contribution in [0.2, 0.25) is 0 Å². The van der Waals surface area contributed by atoms with Crippen molar-refractivity contribution in [3.8, 4) is 11.8 Å². The molecule has 0 aliphatic carbocycles. The predicted molar refractivity (Wildman–Crippen MR) is 72.8 cm³/mol. The molecule has 0 aromatic carbocycles. The van der Waals surface area contributed by atoms with Crippen molar-refractivity contribution in [1.82, 2.24) is 9.97 Å². The zero-order valence-corrected chi connectivity index (χ0v) is 11.1. The van der Waals surface area contributed by atoms with Crippen LogP contribution in [0.5, 0.6) is 0 Å². The molecular formula is C13H10FN3O2S. The van der Waals surface area contributed by atoms with Crippen molar-refractivity contribution in [2.24, 2.45) is 0 Å². The highest BCUT2D eigenvalue weighted by Gasteiger charge is 2.09. The summed E-state index contributed by atoms with van der Waals surface area (Å²) in [5.41, 5.74) is 0.119. The average Bonchev–Trinajstić information content (AvgIpc) is 2.86. The van der Waals surface area contributed by atoms with Gasteiger partial charge in [-0.1, -0.05) is 23.2 Å². The van der Waals surface area contributed by atoms with E-state index >= 15 is 0 Å². The molecule has 2 heterocycles. The highest BCUT2D eigenvalue weighted by molar-refractivity contribution is 7.16. The number of rotatable bonds is 3. The van der Waals surface area contributed by atoms with Gasteiger partial charge in [-0.3, -0.25) is 15.1 Å². The Morgan fingerprint density at radius 3 is 3.05 bits per heavy atom. The van der Waals surface area contributed by atoms with Crippen molar-refractivity contribution < 1.29 is 14.3 Å². The fraction of sp³-hybridized carbons (Fsp3) is 0.154. The molecule has 0 fully saturated rings. The first-order chi connectivity index (χ1) is 9.69. The van der Waals surface area contributed by atoms with E-state index in [-0.39, 0.29) is 12.2 Å². The van der Waals surface area contributed by atoms with Crippen LogP contribution >= 0.6 is 11.3 Å². The standard InChI is InChI=1S/C13H10FN3O2S/c14-10-5-9(6-15-7-10)12(19)17-13-16-8-11(20-13)3-1-2-4-18/h5-8,18H,2,4H2,(H,16,17,19). The molecule has 0 atom stereocenters. The second-order valence-electron chi connectivity index (χ2n) is 3.65. The fourth-order valence-corrected chi connectivity index (χ4v) is 1.99. The summed E-state index contributed by atoms with van der Waals surface area (Å²) in [7, 11) is 0. The lowest BCUT2D eigenvalue weighted by Crippen LogP contribution is -2.12. The molecule has 0 aliphatic heterocycles. The first-order valence-corrected chi connectivity index (χ1v) is 6.48. The van der Waals surface area contributed by atoms with Gasteiger partial charge in [0.2, 0.25) is 0 Å². The Morgan fingerprint density at radius 2 is 2.30 bits per heavy atom. The third-order valence-corrected chi connectivity index (χ3v) is 2.97. The number of thiazole rings is 1. The predicted octanol–water partition coefficient (Wildman–Crippen LogP) is 1.66. The van der Waals surface area contributed by atoms with Crippen molar-refractivity contribution in [3.63, 3.8) is 0 Å². The molecule has 2 N–H and O–H groups in total. The zero-order valence-electron chi connectivity index (χ0n) is 10.3. The number of amides is 1. The molecule has 2 rings (SSSR count). The molecule has 2 aromatic rings. The van der Waals surface area contributed by atoms with Crippen LogP contribution in [0, 0.1) is 17.7 Å². The number of anilines is 1. The molecule has 7 heteroatoms. The van der Waals surface area contributed by atoms with E-state index in [1.165, 1.54) is 23.7 Å². The summed E-state index contributed by atoms with van der Waals surface area (Å²) in [6, 6.07) is 1.10. The molecule has 0 bridgehead atoms. The number of carbonyl (C=O) groups excluding carboxylic acids is 1. The number of aliphatic hydroxyl groups excluding tert-OH is 1. The van der Waals surface area contributed by atoms with Crippen LogP contribution in [0.15, 0.2) is 24.7 Å². The van der Waals surface area contributed by atoms with Gasteiger partial charge < -0.3 is 5.11 Å². The molecule has 5 nitrogen and oxygen atoms in total. The van der Waals surface area contributed by atoms with Crippen LogP contribution in [0.25, 0.3) is 0 Å². The zero-order chi connectivity index (χ0) is 14.4. The van der Waals surface area contributed by atoms with E-state index in [2.05, 4.69) is 27.1 Å². The number of nitrogens with zero attached hydrogens (tertiary/aromatic N) is 2. The highest BCUT2D eigenvalue weighted by atomic mass is 32.1. The number of carbonyl (C=O) groups is 1. The minimum atomic E-state index is -0.577. The van der Waals surface area contributed by atoms with Crippen molar-refractivity contribution in [3.05, 3.63) is 40.9 Å². The van der Waals surface area contributed by atoms with Gasteiger partial charge in [-0.2, -0.15) is 0 Å². The number of aliphatic hydroxyl groups is 1. The normalized spacial score (nSPS) is 9.70. The summed E-state index contributed by atoms with van der Waals surface area (Å²) < 4.78 is 12.9. The SMILES string of the molecule is O=C(Nc1ncc(C#CCCO)s1)c1cncc(F)c1. The highest BCUT2D eigenvalue weighted by Crippen LogP contribution is 2.17. The van der Waals surface area contributed by atoms with Gasteiger partial charge in [-0.05, 0) is 6.07 Å². The molecule has 0 spiro atoms. The molecular weight excluding hydrogens is 281 g/mol. The average molecular weight is 291 g/mol. The minimum Gasteiger partial charge on any atom is -0.395 e. The molecule has 0 radical (unpaired) electrons. The Hall–Kier alpha value is -2.30. The quantitative estimate of drug-likeness (QED) is 0.843. The van der Waals surface area contributed by atoms with Crippen LogP contribution in [0.4, 0.5) is 9.52 Å². The van der Waals surface area contributed by atoms with Crippen molar-refractivity contribution in [2.45, 2.75) is 6.42 Å². The Kier molecular flexibility index (Phi) is 4.76. The van der Waals surface area contributed by atoms with E-state index in [4.69, 9.17) is 5.11 Å². The second-order valence-corrected chi connectivity index (χ2v) is 4.68. The third-order valence-electron chi connectivity index (χ3n) is 2.14. The van der Waals surface area contributed by atoms with Gasteiger partial charge in [-0.15, -0.1) is 0 Å². The van der Waals surface area contributed by atoms with Crippen molar-refractivity contribution in [2.75, 3.05) is 11.9 Å². The summed E-state index contributed by atoms with van der Waals surface area (Å²) in [6.45, 7) is 0.00195. The van der Waals surface area contributed by atoms with Gasteiger partial charge in [0.25, 0.3) is 5.91 Å². The van der Waals surface area contributed by atoms with E-state index in [1.54, 1.807) is 0 Å². The maximum atomic E-state index is 12.9. The second kappa shape index (κ2) is 6.75. The van der Waals surface area contributed by atoms with Gasteiger partial charge in [-0.25, -0.2) is 9.37 Å². The minimum absolute atomic E-state index is 0.00195. The van der Waals surface area contributed by atoms with Gasteiger partial charge in [0.15, 0.2) is 5.13 Å². The molecule has 0 saturated heterocycles. The molecule has 102 valence electrons. The molecule has 2 aromatic heterocycles. The van der Waals surface area contributed by atoms with E-state index in [0.29, 0.717) is 16.4 Å². The van der Waals surface area contributed by atoms with Gasteiger partial charge >= 0.3 is 0 Å². The molecule has 20 heavy (non-hydrogen) atoms. The summed E-state index contributed by atoms with van der Waals surface area (Å²) >= 11 is 1.20. The smallest absolute Gasteiger partial charge is 0.259 e. The van der Waals surface area contributed by atoms with Crippen LogP contribution in [0.3, 0.4) is 0 Å². The summed E-state index contributed by atoms with van der Waals surface area (Å²) in [4.78, 5) is 20.1. The van der Waals surface area contributed by atoms with E-state index < -0.39 is 11.7 Å². The number of halogens is 1. The number of hydrogen-bond acceptors (Lipinski definition) is 5. The lowest BCUT2D eigenvalue weighted by Gasteiger charge is -2.00. The molecule has 0 saturated carbocycles. The van der Waals surface area contributed by atoms with Crippen LogP contribution in [-0.2, 0) is 0 Å². The number of nitrogens with one attached hydrogen (secondary N) is 1. The maximum Gasteiger partial charge on any atom is 0.259 e. The molecule has 0 aliphatic rings. The van der Waals surface area contributed by atoms with E-state index in [1.807, 2.05) is 0 Å². The van der Waals surface area contributed by atoms with E-state index in [0.717, 1.165) is 12.3 Å². The number of aromatic nitrogens is 2. The lowest BCUT2D eigenvalue weighted by atomic mass is 10.3. The van der Waals surface area contributed by atoms with Gasteiger partial charge in [0.05, 0.1) is 29.4 Å². The van der Waals surface area contributed by atoms with E-state index in [9.17, 15) is 9.18 Å². The summed E-state index contributed by atoms with van der Waals surface area (Å²) in [5.74, 6) is 4.50. The fourth-order valence-electron chi connectivity index (χ4n) is 1.30. The Bertz CT molecular complexity index is 675. The largest absolute Gasteiger partial charge is 0.395 e. The Balaban J connectivity index is 2.04. The number of hydrogen-bond donors (Lipinski definition) is 2. The topological polar surface area (TPSA) is 75.1 Å². The van der Waals surface area contributed by atoms with Crippen LogP contribution in [0.1, 0.15) is 21.7 Å². The molecule has 1 amide bonds. The first-order valence-electron chi connectivity index (χ1n) is 5.66. The summed E-state index contributed by atoms with van der Waals surface area (Å²) in [6.07, 6.45) is 4.20. The monoisotopic (exact) mass is 291 g/mol. The van der Waals surface area contributed by atoms with Crippen LogP contribution < -0.4 is 5.32 Å². The Labute approximate surface area is 118 Å². The first kappa shape index (κ1) is 14.1. The molecule has 0 unspecified atom stereocenters. The Morgan fingerprint density at radius 1 is 1.45 bits per heavy atom. The van der Waals surface area contributed by atoms with Gasteiger partial charge in [0, 0.05) is 12.6 Å². The number of pyridine rings is 1. The van der Waals surface area contributed by atoms with Gasteiger partial charge in [0.1, 0.15) is 5.82 Å². The van der Waals surface area contributed by atoms with Crippen LogP contribution in [-0.4, -0.2) is 27.6 Å².